The molecular formula is C24H20ClN5O2. The third-order valence-corrected chi connectivity index (χ3v) is 5.66. The maximum absolute atomic E-state index is 12.6. The zero-order chi connectivity index (χ0) is 21.9. The molecule has 5 rings (SSSR count). The van der Waals surface area contributed by atoms with Gasteiger partial charge in [-0.15, -0.1) is 5.10 Å². The minimum Gasteiger partial charge on any atom is -0.487 e. The molecule has 8 heteroatoms. The number of benzene rings is 2. The predicted octanol–water partition coefficient (Wildman–Crippen LogP) is 4.64. The minimum atomic E-state index is -0.0890. The Kier molecular flexibility index (Phi) is 5.56. The molecule has 4 aromatic rings. The zero-order valence-electron chi connectivity index (χ0n) is 17.1. The highest BCUT2D eigenvalue weighted by Gasteiger charge is 2.44. The molecule has 0 aliphatic heterocycles. The SMILES string of the molecule is O=C(Nc1cc(OCc2ccc(-n3ccnc3)cc2)cnn1)C1CC1c1cccc(Cl)c1. The van der Waals surface area contributed by atoms with Gasteiger partial charge in [-0.3, -0.25) is 4.79 Å². The lowest BCUT2D eigenvalue weighted by molar-refractivity contribution is -0.117. The van der Waals surface area contributed by atoms with E-state index in [1.807, 2.05) is 59.3 Å². The number of halogens is 1. The molecule has 1 N–H and O–H groups in total. The van der Waals surface area contributed by atoms with E-state index in [9.17, 15) is 4.79 Å². The number of amides is 1. The number of rotatable bonds is 7. The normalized spacial score (nSPS) is 17.0. The van der Waals surface area contributed by atoms with Gasteiger partial charge in [0.15, 0.2) is 5.82 Å². The van der Waals surface area contributed by atoms with Crippen molar-refractivity contribution in [2.24, 2.45) is 5.92 Å². The summed E-state index contributed by atoms with van der Waals surface area (Å²) in [4.78, 5) is 16.7. The Bertz CT molecular complexity index is 1230. The fourth-order valence-corrected chi connectivity index (χ4v) is 3.84. The van der Waals surface area contributed by atoms with E-state index in [1.165, 1.54) is 6.20 Å². The first-order valence-corrected chi connectivity index (χ1v) is 10.6. The van der Waals surface area contributed by atoms with Crippen LogP contribution in [0.25, 0.3) is 5.69 Å². The van der Waals surface area contributed by atoms with Crippen molar-refractivity contribution in [2.75, 3.05) is 5.32 Å². The summed E-state index contributed by atoms with van der Waals surface area (Å²) in [6.07, 6.45) is 7.71. The number of hydrogen-bond donors (Lipinski definition) is 1. The molecule has 1 saturated carbocycles. The maximum atomic E-state index is 12.6. The third-order valence-electron chi connectivity index (χ3n) is 5.43. The summed E-state index contributed by atoms with van der Waals surface area (Å²) >= 11 is 6.06. The van der Waals surface area contributed by atoms with E-state index in [0.717, 1.165) is 23.2 Å². The van der Waals surface area contributed by atoms with Crippen molar-refractivity contribution in [3.63, 3.8) is 0 Å². The highest BCUT2D eigenvalue weighted by Crippen LogP contribution is 2.48. The fraction of sp³-hybridized carbons (Fsp3) is 0.167. The van der Waals surface area contributed by atoms with Gasteiger partial charge in [0, 0.05) is 35.1 Å². The summed E-state index contributed by atoms with van der Waals surface area (Å²) < 4.78 is 7.77. The van der Waals surface area contributed by atoms with Crippen LogP contribution in [0.5, 0.6) is 5.75 Å². The average molecular weight is 446 g/mol. The number of ether oxygens (including phenoxy) is 1. The molecular weight excluding hydrogens is 426 g/mol. The molecule has 2 heterocycles. The van der Waals surface area contributed by atoms with Crippen LogP contribution in [-0.4, -0.2) is 25.7 Å². The van der Waals surface area contributed by atoms with Crippen molar-refractivity contribution in [3.05, 3.63) is 95.7 Å². The molecule has 32 heavy (non-hydrogen) atoms. The second-order valence-corrected chi connectivity index (χ2v) is 8.13. The molecule has 1 amide bonds. The fourth-order valence-electron chi connectivity index (χ4n) is 3.64. The zero-order valence-corrected chi connectivity index (χ0v) is 17.8. The topological polar surface area (TPSA) is 81.9 Å². The molecule has 7 nitrogen and oxygen atoms in total. The van der Waals surface area contributed by atoms with Gasteiger partial charge in [0.05, 0.1) is 12.5 Å². The first-order chi connectivity index (χ1) is 15.7. The first kappa shape index (κ1) is 20.2. The molecule has 0 spiro atoms. The van der Waals surface area contributed by atoms with Gasteiger partial charge in [0.25, 0.3) is 0 Å². The quantitative estimate of drug-likeness (QED) is 0.448. The Morgan fingerprint density at radius 1 is 1.19 bits per heavy atom. The van der Waals surface area contributed by atoms with Crippen LogP contribution in [0.4, 0.5) is 5.82 Å². The molecule has 0 saturated heterocycles. The van der Waals surface area contributed by atoms with Crippen LogP contribution in [0.15, 0.2) is 79.5 Å². The van der Waals surface area contributed by atoms with Crippen molar-refractivity contribution in [1.82, 2.24) is 19.7 Å². The summed E-state index contributed by atoms with van der Waals surface area (Å²) in [5.74, 6) is 0.938. The molecule has 1 aliphatic carbocycles. The Labute approximate surface area is 190 Å². The summed E-state index contributed by atoms with van der Waals surface area (Å²) in [5.41, 5.74) is 3.12. The highest BCUT2D eigenvalue weighted by molar-refractivity contribution is 6.30. The smallest absolute Gasteiger partial charge is 0.229 e. The van der Waals surface area contributed by atoms with Gasteiger partial charge in [-0.2, -0.15) is 5.10 Å². The Morgan fingerprint density at radius 3 is 2.84 bits per heavy atom. The third kappa shape index (κ3) is 4.63. The average Bonchev–Trinajstić information content (AvgIpc) is 3.44. The maximum Gasteiger partial charge on any atom is 0.229 e. The van der Waals surface area contributed by atoms with E-state index >= 15 is 0 Å². The molecule has 1 fully saturated rings. The van der Waals surface area contributed by atoms with Gasteiger partial charge in [-0.25, -0.2) is 4.98 Å². The predicted molar refractivity (Wildman–Crippen MR) is 121 cm³/mol. The van der Waals surface area contributed by atoms with Crippen molar-refractivity contribution < 1.29 is 9.53 Å². The van der Waals surface area contributed by atoms with Crippen LogP contribution in [0.3, 0.4) is 0 Å². The van der Waals surface area contributed by atoms with Crippen LogP contribution in [0.1, 0.15) is 23.5 Å². The second kappa shape index (κ2) is 8.80. The van der Waals surface area contributed by atoms with Crippen LogP contribution in [-0.2, 0) is 11.4 Å². The van der Waals surface area contributed by atoms with Gasteiger partial charge in [0.2, 0.25) is 5.91 Å². The Hall–Kier alpha value is -3.71. The monoisotopic (exact) mass is 445 g/mol. The molecule has 2 aromatic heterocycles. The van der Waals surface area contributed by atoms with Gasteiger partial charge >= 0.3 is 0 Å². The van der Waals surface area contributed by atoms with Crippen LogP contribution in [0.2, 0.25) is 5.02 Å². The van der Waals surface area contributed by atoms with Crippen molar-refractivity contribution in [3.8, 4) is 11.4 Å². The number of carbonyl (C=O) groups excluding carboxylic acids is 1. The number of anilines is 1. The molecule has 2 atom stereocenters. The molecule has 2 aromatic carbocycles. The van der Waals surface area contributed by atoms with Crippen LogP contribution in [0, 0.1) is 5.92 Å². The number of imidazole rings is 1. The van der Waals surface area contributed by atoms with Crippen LogP contribution >= 0.6 is 11.6 Å². The number of hydrogen-bond acceptors (Lipinski definition) is 5. The van der Waals surface area contributed by atoms with E-state index in [2.05, 4.69) is 20.5 Å². The van der Waals surface area contributed by atoms with Gasteiger partial charge in [-0.1, -0.05) is 35.9 Å². The van der Waals surface area contributed by atoms with E-state index in [4.69, 9.17) is 16.3 Å². The lowest BCUT2D eigenvalue weighted by atomic mass is 10.1. The van der Waals surface area contributed by atoms with Gasteiger partial charge in [-0.05, 0) is 47.7 Å². The number of aromatic nitrogens is 4. The summed E-state index contributed by atoms with van der Waals surface area (Å²) in [6, 6.07) is 17.3. The molecule has 160 valence electrons. The number of nitrogens with zero attached hydrogens (tertiary/aromatic N) is 4. The Balaban J connectivity index is 1.17. The summed E-state index contributed by atoms with van der Waals surface area (Å²) in [5, 5.41) is 11.5. The Morgan fingerprint density at radius 2 is 2.06 bits per heavy atom. The van der Waals surface area contributed by atoms with Gasteiger partial charge < -0.3 is 14.6 Å². The van der Waals surface area contributed by atoms with Gasteiger partial charge in [0.1, 0.15) is 12.4 Å². The minimum absolute atomic E-state index is 0.0727. The summed E-state index contributed by atoms with van der Waals surface area (Å²) in [7, 11) is 0. The number of carbonyl (C=O) groups is 1. The van der Waals surface area contributed by atoms with E-state index < -0.39 is 0 Å². The van der Waals surface area contributed by atoms with E-state index in [1.54, 1.807) is 18.6 Å². The number of nitrogens with one attached hydrogen (secondary N) is 1. The standard InChI is InChI=1S/C24H20ClN5O2/c25-18-3-1-2-17(10-18)21-12-22(21)24(31)28-23-11-20(13-27-29-23)32-14-16-4-6-19(7-5-16)30-9-8-26-15-30/h1-11,13,15,21-22H,12,14H2,(H,28,29,31). The molecule has 1 aliphatic rings. The summed E-state index contributed by atoms with van der Waals surface area (Å²) in [6.45, 7) is 0.378. The lowest BCUT2D eigenvalue weighted by Gasteiger charge is -2.09. The lowest BCUT2D eigenvalue weighted by Crippen LogP contribution is -2.16. The molecule has 0 bridgehead atoms. The molecule has 2 unspecified atom stereocenters. The highest BCUT2D eigenvalue weighted by atomic mass is 35.5. The second-order valence-electron chi connectivity index (χ2n) is 7.69. The molecule has 0 radical (unpaired) electrons. The van der Waals surface area contributed by atoms with Crippen molar-refractivity contribution in [1.29, 1.82) is 0 Å². The largest absolute Gasteiger partial charge is 0.487 e. The van der Waals surface area contributed by atoms with Crippen LogP contribution < -0.4 is 10.1 Å². The first-order valence-electron chi connectivity index (χ1n) is 10.2. The van der Waals surface area contributed by atoms with Crippen molar-refractivity contribution in [2.45, 2.75) is 18.9 Å². The van der Waals surface area contributed by atoms with E-state index in [-0.39, 0.29) is 17.7 Å². The van der Waals surface area contributed by atoms with E-state index in [0.29, 0.717) is 23.2 Å². The van der Waals surface area contributed by atoms with Crippen molar-refractivity contribution >= 4 is 23.3 Å².